The average Bonchev–Trinajstić information content (AvgIpc) is 2.14. The van der Waals surface area contributed by atoms with Crippen molar-refractivity contribution in [2.75, 3.05) is 14.1 Å². The zero-order valence-corrected chi connectivity index (χ0v) is 7.30. The van der Waals surface area contributed by atoms with Crippen molar-refractivity contribution in [2.24, 2.45) is 10.7 Å². The van der Waals surface area contributed by atoms with Crippen molar-refractivity contribution in [1.29, 1.82) is 0 Å². The molecule has 1 aliphatic heterocycles. The monoisotopic (exact) mass is 192 g/mol. The van der Waals surface area contributed by atoms with E-state index in [0.717, 1.165) is 15.9 Å². The van der Waals surface area contributed by atoms with Gasteiger partial charge in [-0.3, -0.25) is 0 Å². The molecule has 0 aliphatic carbocycles. The Kier molecular flexibility index (Phi) is 1.88. The predicted molar refractivity (Wildman–Crippen MR) is 39.3 cm³/mol. The Hall–Kier alpha value is -0.341. The third-order valence-electron chi connectivity index (χ3n) is 0.971. The van der Waals surface area contributed by atoms with Crippen LogP contribution in [0, 0.1) is 0 Å². The van der Waals surface area contributed by atoms with E-state index >= 15 is 0 Å². The van der Waals surface area contributed by atoms with Crippen LogP contribution in [0.15, 0.2) is 4.99 Å². The van der Waals surface area contributed by atoms with Crippen LogP contribution in [0.2, 0.25) is 5.32 Å². The summed E-state index contributed by atoms with van der Waals surface area (Å²) in [5.41, 5.74) is 5.48. The van der Waals surface area contributed by atoms with Gasteiger partial charge in [0.25, 0.3) is 0 Å². The second-order valence-electron chi connectivity index (χ2n) is 2.07. The molecule has 0 bridgehead atoms. The van der Waals surface area contributed by atoms with Crippen LogP contribution in [-0.4, -0.2) is 44.2 Å². The molecule has 0 fully saturated rings. The summed E-state index contributed by atoms with van der Waals surface area (Å²) in [5, 5.41) is 0.987. The Bertz CT molecular complexity index is 179. The Labute approximate surface area is 60.8 Å². The number of hydrogen-bond donors (Lipinski definition) is 1. The molecule has 3 nitrogen and oxygen atoms in total. The van der Waals surface area contributed by atoms with Crippen LogP contribution in [0.5, 0.6) is 0 Å². The van der Waals surface area contributed by atoms with E-state index in [0.29, 0.717) is 15.0 Å². The molecular formula is C5H10N3Se+. The van der Waals surface area contributed by atoms with Gasteiger partial charge in [0, 0.05) is 0 Å². The van der Waals surface area contributed by atoms with Gasteiger partial charge in [-0.2, -0.15) is 0 Å². The maximum absolute atomic E-state index is 5.48. The Morgan fingerprint density at radius 2 is 2.33 bits per heavy atom. The van der Waals surface area contributed by atoms with E-state index in [4.69, 9.17) is 5.73 Å². The predicted octanol–water partition coefficient (Wildman–Crippen LogP) is -0.892. The first-order valence-corrected chi connectivity index (χ1v) is 4.77. The molecule has 4 heteroatoms. The standard InChI is InChI=1S/C5H9N3Se/c1-8(2)5-7-4(6)3-9-5/h6H,3H2,1-2H3/p+1. The number of nitrogens with two attached hydrogens (primary N) is 1. The van der Waals surface area contributed by atoms with Gasteiger partial charge in [-0.25, -0.2) is 0 Å². The van der Waals surface area contributed by atoms with E-state index in [2.05, 4.69) is 4.99 Å². The van der Waals surface area contributed by atoms with Gasteiger partial charge < -0.3 is 0 Å². The number of amidine groups is 2. The first-order chi connectivity index (χ1) is 4.20. The summed E-state index contributed by atoms with van der Waals surface area (Å²) in [4.78, 5) is 4.15. The summed E-state index contributed by atoms with van der Waals surface area (Å²) in [6.45, 7) is 0. The average molecular weight is 191 g/mol. The van der Waals surface area contributed by atoms with Crippen LogP contribution >= 0.6 is 0 Å². The van der Waals surface area contributed by atoms with Crippen molar-refractivity contribution in [3.8, 4) is 0 Å². The molecule has 0 radical (unpaired) electrons. The van der Waals surface area contributed by atoms with Crippen LogP contribution in [0.3, 0.4) is 0 Å². The summed E-state index contributed by atoms with van der Waals surface area (Å²) in [5.74, 6) is 0.790. The fraction of sp³-hybridized carbons (Fsp3) is 0.600. The van der Waals surface area contributed by atoms with E-state index < -0.39 is 0 Å². The molecule has 0 saturated heterocycles. The van der Waals surface area contributed by atoms with Crippen LogP contribution < -0.4 is 5.73 Å². The Morgan fingerprint density at radius 3 is 2.56 bits per heavy atom. The fourth-order valence-corrected chi connectivity index (χ4v) is 2.19. The number of aliphatic imine (C=N–C) groups is 1. The number of nitrogens with zero attached hydrogens (tertiary/aromatic N) is 2. The van der Waals surface area contributed by atoms with E-state index in [-0.39, 0.29) is 0 Å². The molecule has 0 spiro atoms. The Morgan fingerprint density at radius 1 is 1.67 bits per heavy atom. The summed E-state index contributed by atoms with van der Waals surface area (Å²) in [7, 11) is 4.00. The summed E-state index contributed by atoms with van der Waals surface area (Å²) < 4.78 is 3.18. The van der Waals surface area contributed by atoms with Gasteiger partial charge in [0.05, 0.1) is 0 Å². The van der Waals surface area contributed by atoms with Gasteiger partial charge in [0.2, 0.25) is 0 Å². The topological polar surface area (TPSA) is 41.4 Å². The molecule has 1 aliphatic rings. The summed E-state index contributed by atoms with van der Waals surface area (Å²) in [6, 6.07) is 0. The van der Waals surface area contributed by atoms with Gasteiger partial charge in [0.1, 0.15) is 0 Å². The van der Waals surface area contributed by atoms with Crippen molar-refractivity contribution in [2.45, 2.75) is 5.32 Å². The molecule has 0 saturated carbocycles. The summed E-state index contributed by atoms with van der Waals surface area (Å²) >= 11 is 0.494. The zero-order valence-electron chi connectivity index (χ0n) is 5.59. The quantitative estimate of drug-likeness (QED) is 0.391. The minimum atomic E-state index is 0.494. The SMILES string of the molecule is C[N+](C)=C1N=C(N)C[Se]1. The van der Waals surface area contributed by atoms with Crippen molar-refractivity contribution in [1.82, 2.24) is 0 Å². The first kappa shape index (κ1) is 6.77. The molecule has 50 valence electrons. The van der Waals surface area contributed by atoms with Gasteiger partial charge in [-0.1, -0.05) is 0 Å². The third-order valence-corrected chi connectivity index (χ3v) is 3.39. The Balaban J connectivity index is 2.80. The molecule has 0 amide bonds. The molecule has 1 heterocycles. The van der Waals surface area contributed by atoms with E-state index in [1.54, 1.807) is 0 Å². The van der Waals surface area contributed by atoms with Crippen molar-refractivity contribution in [3.05, 3.63) is 0 Å². The molecule has 0 atom stereocenters. The second-order valence-corrected chi connectivity index (χ2v) is 4.05. The van der Waals surface area contributed by atoms with Crippen molar-refractivity contribution in [3.63, 3.8) is 0 Å². The van der Waals surface area contributed by atoms with E-state index in [1.807, 2.05) is 18.7 Å². The second kappa shape index (κ2) is 2.50. The van der Waals surface area contributed by atoms with Crippen LogP contribution in [-0.2, 0) is 0 Å². The van der Waals surface area contributed by atoms with E-state index in [1.165, 1.54) is 0 Å². The third kappa shape index (κ3) is 1.53. The molecule has 0 aromatic rings. The van der Waals surface area contributed by atoms with Crippen LogP contribution in [0.1, 0.15) is 0 Å². The van der Waals surface area contributed by atoms with Gasteiger partial charge in [0.15, 0.2) is 0 Å². The van der Waals surface area contributed by atoms with Crippen molar-refractivity contribution < 1.29 is 4.58 Å². The fourth-order valence-electron chi connectivity index (χ4n) is 0.555. The van der Waals surface area contributed by atoms with Gasteiger partial charge >= 0.3 is 60.2 Å². The van der Waals surface area contributed by atoms with Crippen LogP contribution in [0.4, 0.5) is 0 Å². The molecular weight excluding hydrogens is 181 g/mol. The van der Waals surface area contributed by atoms with Gasteiger partial charge in [-0.15, -0.1) is 0 Å². The molecule has 9 heavy (non-hydrogen) atoms. The number of hydrogen-bond acceptors (Lipinski definition) is 1. The molecule has 1 rings (SSSR count). The maximum atomic E-state index is 5.48. The van der Waals surface area contributed by atoms with E-state index in [9.17, 15) is 0 Å². The van der Waals surface area contributed by atoms with Crippen LogP contribution in [0.25, 0.3) is 0 Å². The van der Waals surface area contributed by atoms with Gasteiger partial charge in [-0.05, 0) is 0 Å². The molecule has 2 N–H and O–H groups in total. The molecule has 0 aromatic carbocycles. The number of rotatable bonds is 0. The zero-order chi connectivity index (χ0) is 6.85. The normalized spacial score (nSPS) is 18.0. The first-order valence-electron chi connectivity index (χ1n) is 2.70. The van der Waals surface area contributed by atoms with Crippen molar-refractivity contribution >= 4 is 25.5 Å². The minimum absolute atomic E-state index is 0.494. The summed E-state index contributed by atoms with van der Waals surface area (Å²) in [6.07, 6.45) is 0. The molecule has 0 unspecified atom stereocenters. The molecule has 0 aromatic heterocycles.